The van der Waals surface area contributed by atoms with E-state index in [2.05, 4.69) is 23.5 Å². The van der Waals surface area contributed by atoms with E-state index in [1.807, 2.05) is 30.9 Å². The molecule has 4 atom stereocenters. The monoisotopic (exact) mass is 409 g/mol. The number of likely N-dealkylation sites (tertiary alicyclic amines) is 1. The fourth-order valence-electron chi connectivity index (χ4n) is 5.38. The van der Waals surface area contributed by atoms with Crippen LogP contribution in [0.3, 0.4) is 0 Å². The number of carbonyl (C=O) groups excluding carboxylic acids is 3. The molecule has 3 saturated heterocycles. The second-order valence-electron chi connectivity index (χ2n) is 8.99. The molecule has 2 bridgehead atoms. The molecule has 0 aromatic heterocycles. The van der Waals surface area contributed by atoms with Gasteiger partial charge < -0.3 is 19.9 Å². The van der Waals surface area contributed by atoms with Crippen LogP contribution < -0.4 is 5.32 Å². The number of rotatable bonds is 3. The lowest BCUT2D eigenvalue weighted by Gasteiger charge is -2.28. The molecule has 3 fully saturated rings. The maximum absolute atomic E-state index is 13.5. The minimum atomic E-state index is -0.728. The highest BCUT2D eigenvalue weighted by Gasteiger charge is 2.67. The van der Waals surface area contributed by atoms with Gasteiger partial charge in [0.1, 0.15) is 5.60 Å². The molecule has 5 rings (SSSR count). The molecule has 4 aliphatic rings. The Morgan fingerprint density at radius 2 is 2.13 bits per heavy atom. The number of amides is 3. The molecule has 0 unspecified atom stereocenters. The van der Waals surface area contributed by atoms with Crippen LogP contribution in [0.4, 0.5) is 0 Å². The van der Waals surface area contributed by atoms with E-state index < -0.39 is 17.4 Å². The van der Waals surface area contributed by atoms with Gasteiger partial charge in [0.15, 0.2) is 0 Å². The third-order valence-corrected chi connectivity index (χ3v) is 6.90. The van der Waals surface area contributed by atoms with Gasteiger partial charge in [-0.05, 0) is 31.4 Å². The maximum Gasteiger partial charge on any atom is 0.239 e. The van der Waals surface area contributed by atoms with Crippen molar-refractivity contribution in [2.24, 2.45) is 11.8 Å². The van der Waals surface area contributed by atoms with Gasteiger partial charge in [-0.2, -0.15) is 0 Å². The summed E-state index contributed by atoms with van der Waals surface area (Å²) in [7, 11) is 0. The Morgan fingerprint density at radius 3 is 2.97 bits per heavy atom. The van der Waals surface area contributed by atoms with Gasteiger partial charge in [0.25, 0.3) is 0 Å². The summed E-state index contributed by atoms with van der Waals surface area (Å²) in [6.07, 6.45) is 4.22. The van der Waals surface area contributed by atoms with Gasteiger partial charge in [-0.15, -0.1) is 0 Å². The molecule has 158 valence electrons. The predicted molar refractivity (Wildman–Crippen MR) is 109 cm³/mol. The Balaban J connectivity index is 1.40. The van der Waals surface area contributed by atoms with Crippen molar-refractivity contribution < 1.29 is 19.1 Å². The molecular formula is C23H27N3O4. The second kappa shape index (κ2) is 6.94. The van der Waals surface area contributed by atoms with Crippen LogP contribution in [0.2, 0.25) is 0 Å². The fourth-order valence-corrected chi connectivity index (χ4v) is 5.38. The van der Waals surface area contributed by atoms with Crippen LogP contribution in [-0.4, -0.2) is 65.4 Å². The van der Waals surface area contributed by atoms with Crippen molar-refractivity contribution in [2.45, 2.75) is 38.5 Å². The molecule has 30 heavy (non-hydrogen) atoms. The first kappa shape index (κ1) is 19.3. The van der Waals surface area contributed by atoms with Gasteiger partial charge >= 0.3 is 0 Å². The maximum atomic E-state index is 13.5. The van der Waals surface area contributed by atoms with Crippen molar-refractivity contribution in [3.63, 3.8) is 0 Å². The number of aryl methyl sites for hydroxylation is 2. The van der Waals surface area contributed by atoms with E-state index in [1.54, 1.807) is 4.90 Å². The van der Waals surface area contributed by atoms with Crippen molar-refractivity contribution >= 4 is 17.7 Å². The average Bonchev–Trinajstić information content (AvgIpc) is 3.28. The highest BCUT2D eigenvalue weighted by molar-refractivity contribution is 5.94. The second-order valence-corrected chi connectivity index (χ2v) is 8.99. The van der Waals surface area contributed by atoms with Gasteiger partial charge in [0.2, 0.25) is 17.7 Å². The van der Waals surface area contributed by atoms with Gasteiger partial charge in [-0.25, -0.2) is 0 Å². The number of hydrogen-bond acceptors (Lipinski definition) is 4. The Kier molecular flexibility index (Phi) is 4.47. The van der Waals surface area contributed by atoms with Crippen LogP contribution in [0, 0.1) is 25.7 Å². The largest absolute Gasteiger partial charge is 0.360 e. The lowest BCUT2D eigenvalue weighted by atomic mass is 9.76. The van der Waals surface area contributed by atoms with E-state index in [1.165, 1.54) is 0 Å². The predicted octanol–water partition coefficient (Wildman–Crippen LogP) is 0.934. The van der Waals surface area contributed by atoms with Crippen LogP contribution in [0.15, 0.2) is 30.4 Å². The number of fused-ring (bicyclic) bond motifs is 1. The van der Waals surface area contributed by atoms with Gasteiger partial charge in [0.05, 0.1) is 31.0 Å². The molecule has 4 heterocycles. The molecule has 1 aromatic rings. The van der Waals surface area contributed by atoms with Crippen molar-refractivity contribution in [1.29, 1.82) is 0 Å². The van der Waals surface area contributed by atoms with Crippen molar-refractivity contribution in [3.05, 3.63) is 47.0 Å². The number of ether oxygens (including phenoxy) is 1. The minimum Gasteiger partial charge on any atom is -0.360 e. The van der Waals surface area contributed by atoms with E-state index in [4.69, 9.17) is 4.74 Å². The first-order valence-corrected chi connectivity index (χ1v) is 10.7. The van der Waals surface area contributed by atoms with Crippen LogP contribution >= 0.6 is 0 Å². The van der Waals surface area contributed by atoms with E-state index in [9.17, 15) is 14.4 Å². The summed E-state index contributed by atoms with van der Waals surface area (Å²) < 4.78 is 6.24. The molecular weight excluding hydrogens is 382 g/mol. The van der Waals surface area contributed by atoms with E-state index in [0.717, 1.165) is 16.7 Å². The van der Waals surface area contributed by atoms with E-state index >= 15 is 0 Å². The third-order valence-electron chi connectivity index (χ3n) is 6.90. The zero-order valence-electron chi connectivity index (χ0n) is 17.4. The number of nitrogens with zero attached hydrogens (tertiary/aromatic N) is 2. The molecule has 1 spiro atoms. The quantitative estimate of drug-likeness (QED) is 0.754. The van der Waals surface area contributed by atoms with Gasteiger partial charge in [-0.3, -0.25) is 14.4 Å². The summed E-state index contributed by atoms with van der Waals surface area (Å²) in [5, 5.41) is 2.80. The van der Waals surface area contributed by atoms with Crippen LogP contribution in [-0.2, 0) is 25.7 Å². The molecule has 3 amide bonds. The Bertz CT molecular complexity index is 958. The van der Waals surface area contributed by atoms with E-state index in [-0.39, 0.29) is 30.4 Å². The minimum absolute atomic E-state index is 0.0274. The summed E-state index contributed by atoms with van der Waals surface area (Å²) in [4.78, 5) is 42.2. The SMILES string of the molecule is Cc1ccc(C)c(CN2C[C@]34C=C[C@H](O3)[C@H](C(=O)N3CCCNC(=O)C3)[C@@H]4C2=O)c1. The molecule has 0 radical (unpaired) electrons. The summed E-state index contributed by atoms with van der Waals surface area (Å²) in [6.45, 7) is 6.20. The molecule has 7 nitrogen and oxygen atoms in total. The number of hydrogen-bond donors (Lipinski definition) is 1. The Labute approximate surface area is 176 Å². The Morgan fingerprint density at radius 1 is 1.30 bits per heavy atom. The van der Waals surface area contributed by atoms with Crippen molar-refractivity contribution in [2.75, 3.05) is 26.2 Å². The Hall–Kier alpha value is -2.67. The molecule has 1 aromatic carbocycles. The highest BCUT2D eigenvalue weighted by Crippen LogP contribution is 2.52. The third kappa shape index (κ3) is 2.95. The summed E-state index contributed by atoms with van der Waals surface area (Å²) in [5.74, 6) is -1.39. The van der Waals surface area contributed by atoms with Gasteiger partial charge in [0, 0.05) is 19.6 Å². The van der Waals surface area contributed by atoms with Crippen LogP contribution in [0.25, 0.3) is 0 Å². The molecule has 4 aliphatic heterocycles. The first-order valence-electron chi connectivity index (χ1n) is 10.7. The van der Waals surface area contributed by atoms with Gasteiger partial charge in [-0.1, -0.05) is 35.9 Å². The highest BCUT2D eigenvalue weighted by atomic mass is 16.5. The van der Waals surface area contributed by atoms with Crippen molar-refractivity contribution in [1.82, 2.24) is 15.1 Å². The van der Waals surface area contributed by atoms with Crippen LogP contribution in [0.5, 0.6) is 0 Å². The van der Waals surface area contributed by atoms with Crippen LogP contribution in [0.1, 0.15) is 23.1 Å². The number of benzene rings is 1. The first-order chi connectivity index (χ1) is 14.4. The molecule has 0 aliphatic carbocycles. The summed E-state index contributed by atoms with van der Waals surface area (Å²) in [6, 6.07) is 6.25. The standard InChI is InChI=1S/C23H27N3O4/c1-14-4-5-15(2)16(10-14)11-26-13-23-7-6-17(30-23)19(20(23)22(26)29)21(28)25-9-3-8-24-18(27)12-25/h4-7,10,17,19-20H,3,8-9,11-13H2,1-2H3,(H,24,27)/t17-,19-,20+,23-/m0/s1. The topological polar surface area (TPSA) is 79.0 Å². The molecule has 0 saturated carbocycles. The fraction of sp³-hybridized carbons (Fsp3) is 0.522. The summed E-state index contributed by atoms with van der Waals surface area (Å²) in [5.41, 5.74) is 2.69. The zero-order chi connectivity index (χ0) is 21.0. The smallest absolute Gasteiger partial charge is 0.239 e. The zero-order valence-corrected chi connectivity index (χ0v) is 17.4. The molecule has 7 heteroatoms. The lowest BCUT2D eigenvalue weighted by molar-refractivity contribution is -0.144. The van der Waals surface area contributed by atoms with E-state index in [0.29, 0.717) is 32.6 Å². The summed E-state index contributed by atoms with van der Waals surface area (Å²) >= 11 is 0. The lowest BCUT2D eigenvalue weighted by Crippen LogP contribution is -2.47. The average molecular weight is 409 g/mol. The van der Waals surface area contributed by atoms with Crippen molar-refractivity contribution in [3.8, 4) is 0 Å². The number of carbonyl (C=O) groups is 3. The number of nitrogens with one attached hydrogen (secondary N) is 1. The molecule has 1 N–H and O–H groups in total. The normalized spacial score (nSPS) is 32.4.